The normalized spacial score (nSPS) is 14.2. The molecule has 0 saturated carbocycles. The highest BCUT2D eigenvalue weighted by molar-refractivity contribution is 5.50. The van der Waals surface area contributed by atoms with Crippen LogP contribution in [-0.2, 0) is 17.6 Å². The maximum absolute atomic E-state index is 9.90. The number of isocyanates is 1. The van der Waals surface area contributed by atoms with Crippen LogP contribution in [0.15, 0.2) is 9.52 Å². The van der Waals surface area contributed by atoms with Gasteiger partial charge < -0.3 is 4.52 Å². The molecule has 0 spiro atoms. The molecule has 2 rings (SSSR count). The van der Waals surface area contributed by atoms with E-state index in [0.29, 0.717) is 5.82 Å². The van der Waals surface area contributed by atoms with Gasteiger partial charge in [0.15, 0.2) is 0 Å². The molecule has 0 radical (unpaired) electrons. The summed E-state index contributed by atoms with van der Waals surface area (Å²) in [7, 11) is 0. The van der Waals surface area contributed by atoms with Gasteiger partial charge in [0.25, 0.3) is 0 Å². The number of aliphatic imine (C=N–C) groups is 1. The zero-order valence-corrected chi connectivity index (χ0v) is 5.83. The minimum absolute atomic E-state index is 0.410. The van der Waals surface area contributed by atoms with Crippen LogP contribution in [0.4, 0.5) is 5.82 Å². The number of aromatic nitrogens is 1. The lowest BCUT2D eigenvalue weighted by Crippen LogP contribution is -1.73. The Balaban J connectivity index is 2.49. The Morgan fingerprint density at radius 1 is 1.55 bits per heavy atom. The van der Waals surface area contributed by atoms with E-state index in [1.807, 2.05) is 0 Å². The summed E-state index contributed by atoms with van der Waals surface area (Å²) in [6, 6.07) is 0. The highest BCUT2D eigenvalue weighted by Gasteiger charge is 2.20. The number of hydrogen-bond acceptors (Lipinski definition) is 4. The van der Waals surface area contributed by atoms with Gasteiger partial charge in [-0.15, -0.1) is 4.99 Å². The molecule has 0 aromatic carbocycles. The van der Waals surface area contributed by atoms with Crippen LogP contribution >= 0.6 is 0 Å². The van der Waals surface area contributed by atoms with E-state index in [-0.39, 0.29) is 0 Å². The first-order valence-electron chi connectivity index (χ1n) is 3.47. The van der Waals surface area contributed by atoms with E-state index >= 15 is 0 Å². The van der Waals surface area contributed by atoms with E-state index < -0.39 is 0 Å². The van der Waals surface area contributed by atoms with Gasteiger partial charge in [0.1, 0.15) is 5.76 Å². The van der Waals surface area contributed by atoms with Gasteiger partial charge in [-0.05, 0) is 12.8 Å². The molecule has 0 bridgehead atoms. The maximum atomic E-state index is 9.90. The van der Waals surface area contributed by atoms with E-state index in [0.717, 1.165) is 30.6 Å². The Morgan fingerprint density at radius 3 is 3.27 bits per heavy atom. The fourth-order valence-electron chi connectivity index (χ4n) is 1.34. The van der Waals surface area contributed by atoms with Crippen LogP contribution in [0.25, 0.3) is 0 Å². The Hall–Kier alpha value is -1.41. The first-order valence-corrected chi connectivity index (χ1v) is 3.47. The van der Waals surface area contributed by atoms with Gasteiger partial charge in [-0.1, -0.05) is 5.16 Å². The van der Waals surface area contributed by atoms with Gasteiger partial charge in [-0.3, -0.25) is 0 Å². The molecule has 1 aliphatic carbocycles. The van der Waals surface area contributed by atoms with Crippen molar-refractivity contribution in [2.75, 3.05) is 0 Å². The molecule has 0 fully saturated rings. The standard InChI is InChI=1S/C7H6N2O2/c10-4-8-7-5-2-1-3-6(5)11-9-7/h1-3H2. The highest BCUT2D eigenvalue weighted by Crippen LogP contribution is 2.29. The molecule has 0 atom stereocenters. The zero-order valence-electron chi connectivity index (χ0n) is 5.83. The van der Waals surface area contributed by atoms with Crippen molar-refractivity contribution < 1.29 is 9.32 Å². The first kappa shape index (κ1) is 6.31. The van der Waals surface area contributed by atoms with Crippen LogP contribution in [0.3, 0.4) is 0 Å². The lowest BCUT2D eigenvalue weighted by molar-refractivity contribution is 0.388. The fourth-order valence-corrected chi connectivity index (χ4v) is 1.34. The second-order valence-electron chi connectivity index (χ2n) is 2.46. The van der Waals surface area contributed by atoms with Gasteiger partial charge in [-0.2, -0.15) is 0 Å². The second-order valence-corrected chi connectivity index (χ2v) is 2.46. The molecular weight excluding hydrogens is 144 g/mol. The third-order valence-electron chi connectivity index (χ3n) is 1.83. The van der Waals surface area contributed by atoms with E-state index in [1.165, 1.54) is 6.08 Å². The summed E-state index contributed by atoms with van der Waals surface area (Å²) in [5.41, 5.74) is 0.980. The molecule has 0 aliphatic heterocycles. The van der Waals surface area contributed by atoms with Crippen LogP contribution in [0.1, 0.15) is 17.7 Å². The Morgan fingerprint density at radius 2 is 2.45 bits per heavy atom. The van der Waals surface area contributed by atoms with E-state index in [9.17, 15) is 4.79 Å². The SMILES string of the molecule is O=C=Nc1noc2c1CCC2. The molecule has 4 nitrogen and oxygen atoms in total. The first-order chi connectivity index (χ1) is 5.42. The van der Waals surface area contributed by atoms with Gasteiger partial charge in [0.05, 0.1) is 0 Å². The van der Waals surface area contributed by atoms with E-state index in [2.05, 4.69) is 10.1 Å². The number of hydrogen-bond donors (Lipinski definition) is 0. The average Bonchev–Trinajstić information content (AvgIpc) is 2.53. The average molecular weight is 150 g/mol. The largest absolute Gasteiger partial charge is 0.359 e. The Labute approximate surface area is 62.9 Å². The predicted molar refractivity (Wildman–Crippen MR) is 36.3 cm³/mol. The topological polar surface area (TPSA) is 55.5 Å². The van der Waals surface area contributed by atoms with Gasteiger partial charge in [0.2, 0.25) is 11.9 Å². The molecule has 0 saturated heterocycles. The van der Waals surface area contributed by atoms with Crippen molar-refractivity contribution in [2.24, 2.45) is 4.99 Å². The van der Waals surface area contributed by atoms with Crippen LogP contribution in [0.5, 0.6) is 0 Å². The quantitative estimate of drug-likeness (QED) is 0.445. The summed E-state index contributed by atoms with van der Waals surface area (Å²) in [6.07, 6.45) is 4.35. The molecule has 1 aliphatic rings. The van der Waals surface area contributed by atoms with Gasteiger partial charge in [-0.25, -0.2) is 4.79 Å². The Bertz CT molecular complexity index is 323. The predicted octanol–water partition coefficient (Wildman–Crippen LogP) is 1.13. The summed E-state index contributed by atoms with van der Waals surface area (Å²) < 4.78 is 4.94. The summed E-state index contributed by atoms with van der Waals surface area (Å²) in [5.74, 6) is 1.28. The Kier molecular flexibility index (Phi) is 1.33. The molecule has 0 N–H and O–H groups in total. The number of nitrogens with zero attached hydrogens (tertiary/aromatic N) is 2. The fraction of sp³-hybridized carbons (Fsp3) is 0.429. The monoisotopic (exact) mass is 150 g/mol. The molecule has 4 heteroatoms. The van der Waals surface area contributed by atoms with Crippen LogP contribution in [0, 0.1) is 0 Å². The van der Waals surface area contributed by atoms with Crippen molar-refractivity contribution in [3.63, 3.8) is 0 Å². The molecule has 0 amide bonds. The maximum Gasteiger partial charge on any atom is 0.242 e. The second kappa shape index (κ2) is 2.32. The van der Waals surface area contributed by atoms with Gasteiger partial charge in [0, 0.05) is 12.0 Å². The third-order valence-corrected chi connectivity index (χ3v) is 1.83. The summed E-state index contributed by atoms with van der Waals surface area (Å²) in [4.78, 5) is 13.3. The van der Waals surface area contributed by atoms with Crippen molar-refractivity contribution in [1.82, 2.24) is 5.16 Å². The molecule has 1 aromatic rings. The van der Waals surface area contributed by atoms with Crippen molar-refractivity contribution in [1.29, 1.82) is 0 Å². The van der Waals surface area contributed by atoms with Crippen molar-refractivity contribution in [3.8, 4) is 0 Å². The summed E-state index contributed by atoms with van der Waals surface area (Å²) in [5, 5.41) is 3.62. The number of carbonyl (C=O) groups excluding carboxylic acids is 1. The molecule has 11 heavy (non-hydrogen) atoms. The lowest BCUT2D eigenvalue weighted by Gasteiger charge is -1.82. The molecule has 0 unspecified atom stereocenters. The molecule has 1 aromatic heterocycles. The highest BCUT2D eigenvalue weighted by atomic mass is 16.5. The van der Waals surface area contributed by atoms with E-state index in [4.69, 9.17) is 4.52 Å². The summed E-state index contributed by atoms with van der Waals surface area (Å²) >= 11 is 0. The minimum Gasteiger partial charge on any atom is -0.359 e. The minimum atomic E-state index is 0.410. The molecule has 1 heterocycles. The van der Waals surface area contributed by atoms with Gasteiger partial charge >= 0.3 is 0 Å². The van der Waals surface area contributed by atoms with Crippen molar-refractivity contribution in [3.05, 3.63) is 11.3 Å². The number of rotatable bonds is 1. The third kappa shape index (κ3) is 0.880. The molecular formula is C7H6N2O2. The lowest BCUT2D eigenvalue weighted by atomic mass is 10.3. The van der Waals surface area contributed by atoms with E-state index in [1.54, 1.807) is 0 Å². The van der Waals surface area contributed by atoms with Crippen LogP contribution in [0.2, 0.25) is 0 Å². The van der Waals surface area contributed by atoms with Crippen molar-refractivity contribution >= 4 is 11.9 Å². The number of aryl methyl sites for hydroxylation is 1. The smallest absolute Gasteiger partial charge is 0.242 e. The van der Waals surface area contributed by atoms with Crippen LogP contribution < -0.4 is 0 Å². The summed E-state index contributed by atoms with van der Waals surface area (Å²) in [6.45, 7) is 0. The zero-order chi connectivity index (χ0) is 7.68. The van der Waals surface area contributed by atoms with Crippen molar-refractivity contribution in [2.45, 2.75) is 19.3 Å². The van der Waals surface area contributed by atoms with Crippen LogP contribution in [-0.4, -0.2) is 11.2 Å². The number of fused-ring (bicyclic) bond motifs is 1. The molecule has 56 valence electrons.